The predicted molar refractivity (Wildman–Crippen MR) is 101 cm³/mol. The number of carbonyl (C=O) groups excluding carboxylic acids is 1. The predicted octanol–water partition coefficient (Wildman–Crippen LogP) is 3.41. The van der Waals surface area contributed by atoms with Crippen LogP contribution in [0.4, 0.5) is 5.69 Å². The number of hydrogen-bond donors (Lipinski definition) is 2. The molecule has 0 aliphatic heterocycles. The minimum atomic E-state index is -0.476. The molecular formula is C15H21Cl2N3OS. The Balaban J connectivity index is 0.00000220. The molecule has 0 bridgehead atoms. The molecule has 2 rings (SSSR count). The van der Waals surface area contributed by atoms with Crippen molar-refractivity contribution in [3.8, 4) is 0 Å². The molecule has 0 saturated carbocycles. The minimum Gasteiger partial charge on any atom is -0.324 e. The van der Waals surface area contributed by atoms with Crippen LogP contribution in [-0.2, 0) is 4.79 Å². The van der Waals surface area contributed by atoms with Crippen molar-refractivity contribution in [2.75, 3.05) is 17.3 Å². The molecule has 3 N–H and O–H groups in total. The second kappa shape index (κ2) is 9.90. The van der Waals surface area contributed by atoms with Crippen molar-refractivity contribution in [1.82, 2.24) is 4.98 Å². The van der Waals surface area contributed by atoms with Gasteiger partial charge in [-0.3, -0.25) is 9.78 Å². The zero-order valence-corrected chi connectivity index (χ0v) is 15.0. The summed E-state index contributed by atoms with van der Waals surface area (Å²) in [7, 11) is 0. The van der Waals surface area contributed by atoms with Crippen molar-refractivity contribution in [1.29, 1.82) is 0 Å². The van der Waals surface area contributed by atoms with Crippen LogP contribution in [0.1, 0.15) is 12.0 Å². The first-order valence-corrected chi connectivity index (χ1v) is 7.92. The van der Waals surface area contributed by atoms with Crippen LogP contribution in [0.2, 0.25) is 0 Å². The van der Waals surface area contributed by atoms with E-state index in [1.807, 2.05) is 37.4 Å². The van der Waals surface area contributed by atoms with Gasteiger partial charge in [0.2, 0.25) is 5.91 Å². The number of nitrogens with one attached hydrogen (secondary N) is 1. The van der Waals surface area contributed by atoms with Gasteiger partial charge in [-0.2, -0.15) is 11.8 Å². The topological polar surface area (TPSA) is 68.0 Å². The molecule has 2 aromatic rings. The number of benzene rings is 1. The lowest BCUT2D eigenvalue weighted by atomic mass is 10.1. The van der Waals surface area contributed by atoms with Crippen LogP contribution in [0.25, 0.3) is 10.9 Å². The Hall–Kier alpha value is -1.01. The number of fused-ring (bicyclic) bond motifs is 1. The monoisotopic (exact) mass is 361 g/mol. The average Bonchev–Trinajstić information content (AvgIpc) is 2.47. The van der Waals surface area contributed by atoms with E-state index >= 15 is 0 Å². The van der Waals surface area contributed by atoms with E-state index in [0.29, 0.717) is 6.42 Å². The number of rotatable bonds is 5. The highest BCUT2D eigenvalue weighted by molar-refractivity contribution is 7.98. The van der Waals surface area contributed by atoms with Crippen molar-refractivity contribution < 1.29 is 4.79 Å². The van der Waals surface area contributed by atoms with Crippen molar-refractivity contribution in [2.45, 2.75) is 19.4 Å². The quantitative estimate of drug-likeness (QED) is 0.855. The van der Waals surface area contributed by atoms with Crippen molar-refractivity contribution in [3.05, 3.63) is 36.0 Å². The van der Waals surface area contributed by atoms with Crippen LogP contribution >= 0.6 is 36.6 Å². The Kier molecular flexibility index (Phi) is 9.44. The molecule has 0 spiro atoms. The third-order valence-corrected chi connectivity index (χ3v) is 3.84. The largest absolute Gasteiger partial charge is 0.324 e. The Morgan fingerprint density at radius 3 is 2.77 bits per heavy atom. The number of amides is 1. The first kappa shape index (κ1) is 21.0. The molecule has 0 saturated heterocycles. The van der Waals surface area contributed by atoms with Crippen molar-refractivity contribution in [3.63, 3.8) is 0 Å². The number of pyridine rings is 1. The molecule has 122 valence electrons. The molecule has 1 aromatic heterocycles. The maximum Gasteiger partial charge on any atom is 0.241 e. The third kappa shape index (κ3) is 5.02. The second-order valence-corrected chi connectivity index (χ2v) is 5.69. The number of anilines is 1. The molecule has 4 nitrogen and oxygen atoms in total. The number of aryl methyl sites for hydroxylation is 1. The van der Waals surface area contributed by atoms with E-state index < -0.39 is 6.04 Å². The van der Waals surface area contributed by atoms with Crippen molar-refractivity contribution in [2.24, 2.45) is 5.73 Å². The molecule has 1 amide bonds. The maximum atomic E-state index is 12.1. The van der Waals surface area contributed by atoms with Gasteiger partial charge in [0.05, 0.1) is 17.2 Å². The molecule has 0 fully saturated rings. The standard InChI is InChI=1S/C15H19N3OS.2ClH/c1-10-5-6-13(11-4-3-8-17-14(10)11)18-15(19)12(16)7-9-20-2;;/h3-6,8,12H,7,9,16H2,1-2H3,(H,18,19);2*1H/t12-;;/m0../s1. The number of nitrogens with zero attached hydrogens (tertiary/aromatic N) is 1. The molecule has 22 heavy (non-hydrogen) atoms. The molecule has 1 atom stereocenters. The van der Waals surface area contributed by atoms with Gasteiger partial charge in [-0.15, -0.1) is 24.8 Å². The molecule has 0 unspecified atom stereocenters. The molecule has 0 aliphatic rings. The number of thioether (sulfide) groups is 1. The van der Waals surface area contributed by atoms with Crippen LogP contribution in [0.15, 0.2) is 30.5 Å². The highest BCUT2D eigenvalue weighted by atomic mass is 35.5. The van der Waals surface area contributed by atoms with Crippen LogP contribution in [0.5, 0.6) is 0 Å². The van der Waals surface area contributed by atoms with Gasteiger partial charge in [-0.1, -0.05) is 6.07 Å². The Bertz CT molecular complexity index is 625. The smallest absolute Gasteiger partial charge is 0.241 e. The molecule has 1 aromatic carbocycles. The zero-order valence-electron chi connectivity index (χ0n) is 12.5. The summed E-state index contributed by atoms with van der Waals surface area (Å²) in [6.07, 6.45) is 4.43. The van der Waals surface area contributed by atoms with E-state index in [2.05, 4.69) is 10.3 Å². The number of halogens is 2. The van der Waals surface area contributed by atoms with Crippen LogP contribution in [0.3, 0.4) is 0 Å². The summed E-state index contributed by atoms with van der Waals surface area (Å²) in [5.74, 6) is 0.734. The van der Waals surface area contributed by atoms with E-state index in [9.17, 15) is 4.79 Å². The van der Waals surface area contributed by atoms with Gasteiger partial charge in [0.25, 0.3) is 0 Å². The van der Waals surface area contributed by atoms with Gasteiger partial charge in [0.15, 0.2) is 0 Å². The lowest BCUT2D eigenvalue weighted by molar-refractivity contribution is -0.117. The lowest BCUT2D eigenvalue weighted by Gasteiger charge is -2.13. The van der Waals surface area contributed by atoms with E-state index in [1.165, 1.54) is 0 Å². The number of carbonyl (C=O) groups is 1. The summed E-state index contributed by atoms with van der Waals surface area (Å²) in [6.45, 7) is 2.01. The fourth-order valence-corrected chi connectivity index (χ4v) is 2.51. The first-order valence-electron chi connectivity index (χ1n) is 6.53. The van der Waals surface area contributed by atoms with E-state index in [1.54, 1.807) is 18.0 Å². The Morgan fingerprint density at radius 1 is 1.36 bits per heavy atom. The SMILES string of the molecule is CSCC[C@H](N)C(=O)Nc1ccc(C)c2ncccc12.Cl.Cl. The summed E-state index contributed by atoms with van der Waals surface area (Å²) in [5.41, 5.74) is 8.64. The zero-order chi connectivity index (χ0) is 14.5. The summed E-state index contributed by atoms with van der Waals surface area (Å²) in [4.78, 5) is 16.4. The number of aromatic nitrogens is 1. The third-order valence-electron chi connectivity index (χ3n) is 3.20. The Morgan fingerprint density at radius 2 is 2.09 bits per heavy atom. The average molecular weight is 362 g/mol. The fraction of sp³-hybridized carbons (Fsp3) is 0.333. The van der Waals surface area contributed by atoms with Gasteiger partial charge in [0.1, 0.15) is 0 Å². The summed E-state index contributed by atoms with van der Waals surface area (Å²) in [6, 6.07) is 7.20. The van der Waals surface area contributed by atoms with Crippen LogP contribution < -0.4 is 11.1 Å². The molecular weight excluding hydrogens is 341 g/mol. The van der Waals surface area contributed by atoms with Gasteiger partial charge in [-0.25, -0.2) is 0 Å². The first-order chi connectivity index (χ1) is 9.63. The summed E-state index contributed by atoms with van der Waals surface area (Å²) >= 11 is 1.69. The highest BCUT2D eigenvalue weighted by Gasteiger charge is 2.14. The Labute approximate surface area is 147 Å². The molecule has 0 radical (unpaired) electrons. The van der Waals surface area contributed by atoms with Gasteiger partial charge in [-0.05, 0) is 49.1 Å². The molecule has 7 heteroatoms. The highest BCUT2D eigenvalue weighted by Crippen LogP contribution is 2.24. The lowest BCUT2D eigenvalue weighted by Crippen LogP contribution is -2.36. The molecule has 1 heterocycles. The fourth-order valence-electron chi connectivity index (χ4n) is 2.02. The number of hydrogen-bond acceptors (Lipinski definition) is 4. The van der Waals surface area contributed by atoms with Gasteiger partial charge in [0, 0.05) is 11.6 Å². The molecule has 0 aliphatic carbocycles. The minimum absolute atomic E-state index is 0. The van der Waals surface area contributed by atoms with Gasteiger partial charge < -0.3 is 11.1 Å². The second-order valence-electron chi connectivity index (χ2n) is 4.71. The van der Waals surface area contributed by atoms with E-state index in [4.69, 9.17) is 5.73 Å². The van der Waals surface area contributed by atoms with E-state index in [0.717, 1.165) is 27.9 Å². The van der Waals surface area contributed by atoms with Gasteiger partial charge >= 0.3 is 0 Å². The maximum absolute atomic E-state index is 12.1. The number of nitrogens with two attached hydrogens (primary N) is 1. The van der Waals surface area contributed by atoms with Crippen LogP contribution in [-0.4, -0.2) is 28.9 Å². The normalized spacial score (nSPS) is 11.2. The van der Waals surface area contributed by atoms with Crippen LogP contribution in [0, 0.1) is 6.92 Å². The summed E-state index contributed by atoms with van der Waals surface area (Å²) in [5, 5.41) is 3.85. The van der Waals surface area contributed by atoms with Crippen molar-refractivity contribution >= 4 is 59.1 Å². The van der Waals surface area contributed by atoms with E-state index in [-0.39, 0.29) is 30.7 Å². The summed E-state index contributed by atoms with van der Waals surface area (Å²) < 4.78 is 0.